The maximum absolute atomic E-state index is 6.45. The molecular weight excluding hydrogens is 188 g/mol. The Labute approximate surface area is 83.4 Å². The van der Waals surface area contributed by atoms with Gasteiger partial charge in [-0.1, -0.05) is 0 Å². The van der Waals surface area contributed by atoms with Gasteiger partial charge in [0.15, 0.2) is 0 Å². The van der Waals surface area contributed by atoms with Gasteiger partial charge < -0.3 is 0 Å². The van der Waals surface area contributed by atoms with Gasteiger partial charge in [-0.15, -0.1) is 11.6 Å². The van der Waals surface area contributed by atoms with Gasteiger partial charge in [-0.05, 0) is 49.2 Å². The molecule has 0 aromatic heterocycles. The minimum absolute atomic E-state index is 0.511. The van der Waals surface area contributed by atoms with Crippen molar-refractivity contribution in [3.63, 3.8) is 0 Å². The predicted octanol–water partition coefficient (Wildman–Crippen LogP) is 3.15. The van der Waals surface area contributed by atoms with Crippen molar-refractivity contribution in [1.29, 1.82) is 0 Å². The zero-order valence-electron chi connectivity index (χ0n) is 7.21. The SMILES string of the molecule is ClC1C2CC3CSC1CC(C3)C2. The summed E-state index contributed by atoms with van der Waals surface area (Å²) in [4.78, 5) is 0. The lowest BCUT2D eigenvalue weighted by atomic mass is 9.68. The first kappa shape index (κ1) is 7.99. The molecule has 2 saturated heterocycles. The normalized spacial score (nSPS) is 57.2. The molecule has 12 heavy (non-hydrogen) atoms. The molecule has 4 fully saturated rings. The number of hydrogen-bond donors (Lipinski definition) is 0. The molecular formula is C10H15ClS. The summed E-state index contributed by atoms with van der Waals surface area (Å²) in [6.45, 7) is 0. The number of rotatable bonds is 0. The summed E-state index contributed by atoms with van der Waals surface area (Å²) in [6.07, 6.45) is 5.82. The van der Waals surface area contributed by atoms with Crippen LogP contribution in [0.1, 0.15) is 25.7 Å². The van der Waals surface area contributed by atoms with Crippen molar-refractivity contribution in [1.82, 2.24) is 0 Å². The summed E-state index contributed by atoms with van der Waals surface area (Å²) >= 11 is 8.62. The number of fused-ring (bicyclic) bond motifs is 1. The highest BCUT2D eigenvalue weighted by Gasteiger charge is 2.44. The van der Waals surface area contributed by atoms with Gasteiger partial charge in [0.1, 0.15) is 0 Å². The van der Waals surface area contributed by atoms with Crippen LogP contribution in [-0.2, 0) is 0 Å². The molecule has 0 aromatic carbocycles. The second-order valence-electron chi connectivity index (χ2n) is 4.75. The molecule has 4 rings (SSSR count). The molecule has 2 aliphatic carbocycles. The fraction of sp³-hybridized carbons (Fsp3) is 1.00. The van der Waals surface area contributed by atoms with Gasteiger partial charge in [-0.2, -0.15) is 11.8 Å². The molecule has 0 spiro atoms. The Bertz CT molecular complexity index is 186. The van der Waals surface area contributed by atoms with Gasteiger partial charge >= 0.3 is 0 Å². The molecule has 0 nitrogen and oxygen atoms in total. The first-order valence-corrected chi connectivity index (χ1v) is 6.57. The highest BCUT2D eigenvalue weighted by molar-refractivity contribution is 8.00. The van der Waals surface area contributed by atoms with Crippen molar-refractivity contribution in [2.45, 2.75) is 36.3 Å². The zero-order valence-corrected chi connectivity index (χ0v) is 8.78. The van der Waals surface area contributed by atoms with E-state index >= 15 is 0 Å². The van der Waals surface area contributed by atoms with Gasteiger partial charge in [0, 0.05) is 10.6 Å². The molecule has 0 N–H and O–H groups in total. The van der Waals surface area contributed by atoms with Crippen molar-refractivity contribution in [3.05, 3.63) is 0 Å². The van der Waals surface area contributed by atoms with Crippen LogP contribution in [0.3, 0.4) is 0 Å². The van der Waals surface area contributed by atoms with Crippen molar-refractivity contribution in [3.8, 4) is 0 Å². The summed E-state index contributed by atoms with van der Waals surface area (Å²) in [6, 6.07) is 0. The summed E-state index contributed by atoms with van der Waals surface area (Å²) in [5, 5.41) is 1.32. The van der Waals surface area contributed by atoms with Crippen LogP contribution < -0.4 is 0 Å². The monoisotopic (exact) mass is 202 g/mol. The van der Waals surface area contributed by atoms with E-state index in [1.807, 2.05) is 0 Å². The Kier molecular flexibility index (Phi) is 1.87. The van der Waals surface area contributed by atoms with E-state index in [-0.39, 0.29) is 0 Å². The maximum Gasteiger partial charge on any atom is 0.0483 e. The Balaban J connectivity index is 1.92. The average Bonchev–Trinajstić information content (AvgIpc) is 2.27. The van der Waals surface area contributed by atoms with Crippen LogP contribution in [0.2, 0.25) is 0 Å². The highest BCUT2D eigenvalue weighted by Crippen LogP contribution is 2.52. The van der Waals surface area contributed by atoms with Crippen molar-refractivity contribution in [2.75, 3.05) is 5.75 Å². The summed E-state index contributed by atoms with van der Waals surface area (Å²) in [5.41, 5.74) is 0. The van der Waals surface area contributed by atoms with E-state index < -0.39 is 0 Å². The van der Waals surface area contributed by atoms with Crippen molar-refractivity contribution >= 4 is 23.4 Å². The maximum atomic E-state index is 6.45. The molecule has 68 valence electrons. The molecule has 2 heteroatoms. The van der Waals surface area contributed by atoms with E-state index in [2.05, 4.69) is 11.8 Å². The third-order valence-electron chi connectivity index (χ3n) is 3.86. The Morgan fingerprint density at radius 3 is 2.75 bits per heavy atom. The highest BCUT2D eigenvalue weighted by atomic mass is 35.5. The first-order valence-electron chi connectivity index (χ1n) is 5.08. The zero-order chi connectivity index (χ0) is 8.13. The second kappa shape index (κ2) is 2.81. The lowest BCUT2D eigenvalue weighted by molar-refractivity contribution is 0.165. The lowest BCUT2D eigenvalue weighted by Crippen LogP contribution is -2.37. The van der Waals surface area contributed by atoms with Gasteiger partial charge in [0.25, 0.3) is 0 Å². The van der Waals surface area contributed by atoms with Gasteiger partial charge in [0.05, 0.1) is 0 Å². The third-order valence-corrected chi connectivity index (χ3v) is 6.24. The van der Waals surface area contributed by atoms with E-state index in [0.29, 0.717) is 5.38 Å². The van der Waals surface area contributed by atoms with Crippen molar-refractivity contribution < 1.29 is 0 Å². The fourth-order valence-corrected chi connectivity index (χ4v) is 5.52. The van der Waals surface area contributed by atoms with Gasteiger partial charge in [0.2, 0.25) is 0 Å². The predicted molar refractivity (Wildman–Crippen MR) is 54.8 cm³/mol. The molecule has 0 amide bonds. The summed E-state index contributed by atoms with van der Waals surface area (Å²) in [7, 11) is 0. The largest absolute Gasteiger partial charge is 0.157 e. The Morgan fingerprint density at radius 2 is 1.83 bits per heavy atom. The van der Waals surface area contributed by atoms with Gasteiger partial charge in [-0.25, -0.2) is 0 Å². The Hall–Kier alpha value is 0.640. The number of hydrogen-bond acceptors (Lipinski definition) is 1. The average molecular weight is 203 g/mol. The van der Waals surface area contributed by atoms with Crippen molar-refractivity contribution in [2.24, 2.45) is 17.8 Å². The van der Waals surface area contributed by atoms with Gasteiger partial charge in [-0.3, -0.25) is 0 Å². The molecule has 4 bridgehead atoms. The standard InChI is InChI=1S/C10H15ClS/c11-10-8-2-6-1-7(3-8)5-12-9(10)4-6/h6-10H,1-5H2. The molecule has 5 unspecified atom stereocenters. The van der Waals surface area contributed by atoms with E-state index in [1.165, 1.54) is 31.4 Å². The van der Waals surface area contributed by atoms with E-state index in [4.69, 9.17) is 11.6 Å². The smallest absolute Gasteiger partial charge is 0.0483 e. The first-order chi connectivity index (χ1) is 5.83. The van der Waals surface area contributed by atoms with Crippen LogP contribution in [0.25, 0.3) is 0 Å². The number of halogens is 1. The molecule has 4 aliphatic rings. The Morgan fingerprint density at radius 1 is 1.00 bits per heavy atom. The van der Waals surface area contributed by atoms with E-state index in [9.17, 15) is 0 Å². The minimum Gasteiger partial charge on any atom is -0.157 e. The molecule has 0 aromatic rings. The van der Waals surface area contributed by atoms with Crippen LogP contribution in [0.4, 0.5) is 0 Å². The molecule has 2 aliphatic heterocycles. The quantitative estimate of drug-likeness (QED) is 0.544. The van der Waals surface area contributed by atoms with Crippen LogP contribution in [0.15, 0.2) is 0 Å². The number of alkyl halides is 1. The van der Waals surface area contributed by atoms with E-state index in [1.54, 1.807) is 0 Å². The number of thioether (sulfide) groups is 1. The van der Waals surface area contributed by atoms with Crippen LogP contribution >= 0.6 is 23.4 Å². The lowest BCUT2D eigenvalue weighted by Gasteiger charge is -2.41. The van der Waals surface area contributed by atoms with Crippen LogP contribution in [-0.4, -0.2) is 16.4 Å². The minimum atomic E-state index is 0.511. The third kappa shape index (κ3) is 1.13. The van der Waals surface area contributed by atoms with Crippen LogP contribution in [0.5, 0.6) is 0 Å². The summed E-state index contributed by atoms with van der Waals surface area (Å²) in [5.74, 6) is 4.35. The van der Waals surface area contributed by atoms with Crippen LogP contribution in [0, 0.1) is 17.8 Å². The second-order valence-corrected chi connectivity index (χ2v) is 6.53. The summed E-state index contributed by atoms with van der Waals surface area (Å²) < 4.78 is 0. The molecule has 5 atom stereocenters. The fourth-order valence-electron chi connectivity index (χ4n) is 3.39. The molecule has 2 saturated carbocycles. The molecule has 2 heterocycles. The molecule has 0 radical (unpaired) electrons. The topological polar surface area (TPSA) is 0 Å². The van der Waals surface area contributed by atoms with E-state index in [0.717, 1.165) is 23.0 Å².